The predicted molar refractivity (Wildman–Crippen MR) is 95.0 cm³/mol. The first kappa shape index (κ1) is 19.2. The summed E-state index contributed by atoms with van der Waals surface area (Å²) < 4.78 is 0. The van der Waals surface area contributed by atoms with E-state index in [1.807, 2.05) is 0 Å². The van der Waals surface area contributed by atoms with Crippen LogP contribution in [0, 0.1) is 22.9 Å². The minimum atomic E-state index is -1.72. The van der Waals surface area contributed by atoms with E-state index in [4.69, 9.17) is 0 Å². The molecular weight excluding hydrogens is 276 g/mol. The van der Waals surface area contributed by atoms with Gasteiger partial charge in [-0.2, -0.15) is 0 Å². The molecule has 0 saturated carbocycles. The smallest absolute Gasteiger partial charge is 0.270 e. The summed E-state index contributed by atoms with van der Waals surface area (Å²) in [7, 11) is -3.44. The molecule has 0 N–H and O–H groups in total. The van der Waals surface area contributed by atoms with Gasteiger partial charge in [0.15, 0.2) is 0 Å². The van der Waals surface area contributed by atoms with E-state index in [1.165, 1.54) is 0 Å². The van der Waals surface area contributed by atoms with Gasteiger partial charge in [-0.3, -0.25) is 4.79 Å². The quantitative estimate of drug-likeness (QED) is 0.470. The molecule has 3 heteroatoms. The van der Waals surface area contributed by atoms with Crippen LogP contribution >= 0.6 is 0 Å². The number of carbonyl (C=O) groups is 1. The number of hydrogen-bond donors (Lipinski definition) is 0. The molecule has 0 bridgehead atoms. The zero-order valence-electron chi connectivity index (χ0n) is 14.9. The fourth-order valence-corrected chi connectivity index (χ4v) is 2.43. The van der Waals surface area contributed by atoms with Crippen molar-refractivity contribution < 1.29 is 4.79 Å². The molecule has 0 aromatic rings. The molecule has 0 heterocycles. The Bertz CT molecular complexity index is 446. The van der Waals surface area contributed by atoms with Gasteiger partial charge in [0.2, 0.25) is 0 Å². The van der Waals surface area contributed by atoms with E-state index in [1.54, 1.807) is 0 Å². The van der Waals surface area contributed by atoms with Crippen molar-refractivity contribution in [3.05, 3.63) is 0 Å². The van der Waals surface area contributed by atoms with Crippen LogP contribution in [0.25, 0.3) is 0 Å². The number of carbonyl (C=O) groups excluding carboxylic acids is 1. The fourth-order valence-electron chi connectivity index (χ4n) is 0.832. The first-order valence-corrected chi connectivity index (χ1v) is 13.2. The van der Waals surface area contributed by atoms with Crippen molar-refractivity contribution in [2.24, 2.45) is 0 Å². The third-order valence-electron chi connectivity index (χ3n) is 4.73. The molecule has 0 radical (unpaired) electrons. The van der Waals surface area contributed by atoms with Crippen LogP contribution in [0.3, 0.4) is 0 Å². The Labute approximate surface area is 128 Å². The lowest BCUT2D eigenvalue weighted by Crippen LogP contribution is -2.36. The summed E-state index contributed by atoms with van der Waals surface area (Å²) in [6.07, 6.45) is 0. The third kappa shape index (κ3) is 5.31. The Balaban J connectivity index is 5.14. The lowest BCUT2D eigenvalue weighted by Gasteiger charge is -2.31. The van der Waals surface area contributed by atoms with Gasteiger partial charge in [-0.05, 0) is 21.9 Å². The molecule has 0 atom stereocenters. The van der Waals surface area contributed by atoms with E-state index in [0.29, 0.717) is 0 Å². The third-order valence-corrected chi connectivity index (χ3v) is 13.7. The summed E-state index contributed by atoms with van der Waals surface area (Å²) in [5.41, 5.74) is 6.45. The zero-order chi connectivity index (χ0) is 16.4. The van der Waals surface area contributed by atoms with Gasteiger partial charge in [-0.1, -0.05) is 67.7 Å². The predicted octanol–water partition coefficient (Wildman–Crippen LogP) is 4.66. The van der Waals surface area contributed by atoms with E-state index in [-0.39, 0.29) is 15.9 Å². The summed E-state index contributed by atoms with van der Waals surface area (Å²) in [5, 5.41) is 0.347. The van der Waals surface area contributed by atoms with E-state index < -0.39 is 16.1 Å². The lowest BCUT2D eigenvalue weighted by molar-refractivity contribution is -0.108. The number of ketones is 1. The van der Waals surface area contributed by atoms with Crippen LogP contribution in [-0.2, 0) is 4.79 Å². The lowest BCUT2D eigenvalue weighted by atomic mass is 10.2. The SMILES string of the molecule is CC(C)(C)[Si](C)(C)C#CC(=O)C#C[Si](C)(C)C(C)(C)C. The molecule has 0 amide bonds. The molecule has 0 fully saturated rings. The van der Waals surface area contributed by atoms with Gasteiger partial charge in [-0.25, -0.2) is 0 Å². The van der Waals surface area contributed by atoms with Crippen molar-refractivity contribution >= 4 is 21.9 Å². The van der Waals surface area contributed by atoms with Gasteiger partial charge in [0.05, 0.1) is 0 Å². The second-order valence-corrected chi connectivity index (χ2v) is 18.6. The van der Waals surface area contributed by atoms with Crippen LogP contribution in [0.5, 0.6) is 0 Å². The zero-order valence-corrected chi connectivity index (χ0v) is 16.9. The maximum absolute atomic E-state index is 11.9. The summed E-state index contributed by atoms with van der Waals surface area (Å²) in [6, 6.07) is 0. The van der Waals surface area contributed by atoms with Crippen LogP contribution in [0.1, 0.15) is 41.5 Å². The summed E-state index contributed by atoms with van der Waals surface area (Å²) >= 11 is 0. The Kier molecular flexibility index (Phi) is 5.69. The van der Waals surface area contributed by atoms with Crippen molar-refractivity contribution in [3.8, 4) is 22.9 Å². The summed E-state index contributed by atoms with van der Waals surface area (Å²) in [5.74, 6) is 5.33. The molecule has 0 spiro atoms. The molecule has 1 nitrogen and oxygen atoms in total. The highest BCUT2D eigenvalue weighted by atomic mass is 28.3. The van der Waals surface area contributed by atoms with Gasteiger partial charge in [0, 0.05) is 0 Å². The minimum absolute atomic E-state index is 0.174. The molecule has 20 heavy (non-hydrogen) atoms. The monoisotopic (exact) mass is 306 g/mol. The van der Waals surface area contributed by atoms with Crippen LogP contribution in [-0.4, -0.2) is 21.9 Å². The van der Waals surface area contributed by atoms with Gasteiger partial charge in [-0.15, -0.1) is 11.1 Å². The maximum Gasteiger partial charge on any atom is 0.277 e. The minimum Gasteiger partial charge on any atom is -0.270 e. The average Bonchev–Trinajstić information content (AvgIpc) is 2.20. The standard InChI is InChI=1S/C17H30OSi2/c1-16(2,3)19(7,8)13-11-15(18)12-14-20(9,10)17(4,5)6/h1-10H3. The molecule has 0 aromatic carbocycles. The molecule has 0 aliphatic rings. The number of hydrogen-bond acceptors (Lipinski definition) is 1. The molecule has 0 unspecified atom stereocenters. The highest BCUT2D eigenvalue weighted by Gasteiger charge is 2.34. The second-order valence-electron chi connectivity index (χ2n) is 8.58. The van der Waals surface area contributed by atoms with Crippen molar-refractivity contribution in [1.29, 1.82) is 0 Å². The normalized spacial score (nSPS) is 12.9. The highest BCUT2D eigenvalue weighted by Crippen LogP contribution is 2.35. The highest BCUT2D eigenvalue weighted by molar-refractivity contribution is 6.88. The van der Waals surface area contributed by atoms with E-state index >= 15 is 0 Å². The van der Waals surface area contributed by atoms with Gasteiger partial charge < -0.3 is 0 Å². The Morgan fingerprint density at radius 2 is 0.950 bits per heavy atom. The van der Waals surface area contributed by atoms with Crippen molar-refractivity contribution in [3.63, 3.8) is 0 Å². The Hall–Kier alpha value is -0.776. The van der Waals surface area contributed by atoms with Crippen molar-refractivity contribution in [2.75, 3.05) is 0 Å². The fraction of sp³-hybridized carbons (Fsp3) is 0.706. The molecule has 0 saturated heterocycles. The first-order valence-electron chi connectivity index (χ1n) is 7.20. The molecule has 0 aliphatic heterocycles. The van der Waals surface area contributed by atoms with Gasteiger partial charge in [0.25, 0.3) is 5.78 Å². The van der Waals surface area contributed by atoms with Crippen molar-refractivity contribution in [2.45, 2.75) is 77.8 Å². The Morgan fingerprint density at radius 1 is 0.700 bits per heavy atom. The van der Waals surface area contributed by atoms with Gasteiger partial charge in [0.1, 0.15) is 16.1 Å². The molecule has 0 aliphatic carbocycles. The Morgan fingerprint density at radius 3 is 1.15 bits per heavy atom. The van der Waals surface area contributed by atoms with E-state index in [2.05, 4.69) is 90.7 Å². The van der Waals surface area contributed by atoms with E-state index in [0.717, 1.165) is 0 Å². The number of rotatable bonds is 0. The molecular formula is C17H30OSi2. The van der Waals surface area contributed by atoms with E-state index in [9.17, 15) is 4.79 Å². The number of Topliss-reactive ketones (excluding diaryl/α,β-unsaturated/α-hetero) is 1. The topological polar surface area (TPSA) is 17.1 Å². The molecule has 112 valence electrons. The summed E-state index contributed by atoms with van der Waals surface area (Å²) in [4.78, 5) is 11.9. The molecule has 0 rings (SSSR count). The average molecular weight is 307 g/mol. The van der Waals surface area contributed by atoms with Crippen LogP contribution in [0.15, 0.2) is 0 Å². The van der Waals surface area contributed by atoms with Crippen LogP contribution in [0.4, 0.5) is 0 Å². The molecule has 0 aromatic heterocycles. The maximum atomic E-state index is 11.9. The van der Waals surface area contributed by atoms with Gasteiger partial charge >= 0.3 is 0 Å². The van der Waals surface area contributed by atoms with Crippen LogP contribution in [0.2, 0.25) is 36.3 Å². The van der Waals surface area contributed by atoms with Crippen LogP contribution < -0.4 is 0 Å². The summed E-state index contributed by atoms with van der Waals surface area (Å²) in [6.45, 7) is 22.0. The van der Waals surface area contributed by atoms with Crippen molar-refractivity contribution in [1.82, 2.24) is 0 Å². The largest absolute Gasteiger partial charge is 0.277 e. The second kappa shape index (κ2) is 5.92. The first-order chi connectivity index (χ1) is 8.60.